The second kappa shape index (κ2) is 8.29. The molecule has 1 aromatic carbocycles. The molecule has 0 saturated carbocycles. The summed E-state index contributed by atoms with van der Waals surface area (Å²) in [5.74, 6) is -0.434. The zero-order valence-electron chi connectivity index (χ0n) is 14.4. The van der Waals surface area contributed by atoms with Gasteiger partial charge in [0.15, 0.2) is 5.17 Å². The highest BCUT2D eigenvalue weighted by Crippen LogP contribution is 2.23. The quantitative estimate of drug-likeness (QED) is 0.611. The summed E-state index contributed by atoms with van der Waals surface area (Å²) >= 11 is 2.80. The molecule has 26 heavy (non-hydrogen) atoms. The Morgan fingerprint density at radius 2 is 2.04 bits per heavy atom. The zero-order valence-corrected chi connectivity index (χ0v) is 16.0. The van der Waals surface area contributed by atoms with E-state index in [2.05, 4.69) is 20.8 Å². The number of rotatable bonds is 5. The molecule has 2 N–H and O–H groups in total. The molecule has 1 saturated heterocycles. The summed E-state index contributed by atoms with van der Waals surface area (Å²) in [5.41, 5.74) is 2.97. The average molecular weight is 387 g/mol. The monoisotopic (exact) mass is 386 g/mol. The molecular weight excluding hydrogens is 368 g/mol. The van der Waals surface area contributed by atoms with Crippen molar-refractivity contribution in [3.63, 3.8) is 0 Å². The number of amidine groups is 1. The molecule has 0 bridgehead atoms. The van der Waals surface area contributed by atoms with Gasteiger partial charge in [0.2, 0.25) is 11.8 Å². The lowest BCUT2D eigenvalue weighted by atomic mass is 10.2. The van der Waals surface area contributed by atoms with E-state index in [-0.39, 0.29) is 18.2 Å². The largest absolute Gasteiger partial charge is 0.326 e. The number of hydrogen-bond acceptors (Lipinski definition) is 6. The van der Waals surface area contributed by atoms with Crippen molar-refractivity contribution in [2.75, 3.05) is 5.32 Å². The lowest BCUT2D eigenvalue weighted by Crippen LogP contribution is -2.28. The third-order valence-corrected chi connectivity index (χ3v) is 5.73. The molecule has 2 aromatic rings. The Kier molecular flexibility index (Phi) is 5.85. The van der Waals surface area contributed by atoms with Crippen molar-refractivity contribution in [1.82, 2.24) is 5.32 Å². The highest BCUT2D eigenvalue weighted by atomic mass is 32.2. The van der Waals surface area contributed by atoms with Gasteiger partial charge in [-0.3, -0.25) is 9.59 Å². The minimum Gasteiger partial charge on any atom is -0.326 e. The number of carbonyl (C=O) groups is 2. The standard InChI is InChI=1S/C18H18N4O2S2/c1-11-3-5-13(6-4-11)20-16(23)9-14-17(24)21-18(26-14)22-19-10-15-12(2)7-8-25-15/h3-8,10,14H,9H2,1-2H3,(H,20,23)(H,21,22,24). The molecule has 0 radical (unpaired) electrons. The van der Waals surface area contributed by atoms with Crippen LogP contribution >= 0.6 is 23.1 Å². The molecule has 3 rings (SSSR count). The van der Waals surface area contributed by atoms with E-state index >= 15 is 0 Å². The Morgan fingerprint density at radius 1 is 1.27 bits per heavy atom. The van der Waals surface area contributed by atoms with Crippen LogP contribution in [0.25, 0.3) is 0 Å². The van der Waals surface area contributed by atoms with E-state index in [4.69, 9.17) is 0 Å². The van der Waals surface area contributed by atoms with E-state index in [1.807, 2.05) is 49.6 Å². The number of nitrogens with zero attached hydrogens (tertiary/aromatic N) is 2. The Morgan fingerprint density at radius 3 is 2.73 bits per heavy atom. The number of amides is 2. The first-order chi connectivity index (χ1) is 12.5. The van der Waals surface area contributed by atoms with Gasteiger partial charge in [0.1, 0.15) is 5.25 Å². The van der Waals surface area contributed by atoms with Gasteiger partial charge in [-0.2, -0.15) is 5.10 Å². The lowest BCUT2D eigenvalue weighted by molar-refractivity contribution is -0.122. The molecule has 6 nitrogen and oxygen atoms in total. The van der Waals surface area contributed by atoms with Crippen molar-refractivity contribution in [2.24, 2.45) is 10.2 Å². The van der Waals surface area contributed by atoms with Crippen molar-refractivity contribution in [1.29, 1.82) is 0 Å². The van der Waals surface area contributed by atoms with Gasteiger partial charge in [-0.15, -0.1) is 16.4 Å². The lowest BCUT2D eigenvalue weighted by Gasteiger charge is -2.07. The van der Waals surface area contributed by atoms with E-state index < -0.39 is 5.25 Å². The van der Waals surface area contributed by atoms with Gasteiger partial charge >= 0.3 is 0 Å². The smallest absolute Gasteiger partial charge is 0.240 e. The van der Waals surface area contributed by atoms with E-state index in [0.717, 1.165) is 16.0 Å². The molecule has 1 aliphatic heterocycles. The predicted octanol–water partition coefficient (Wildman–Crippen LogP) is 3.32. The van der Waals surface area contributed by atoms with Crippen LogP contribution in [-0.4, -0.2) is 28.4 Å². The van der Waals surface area contributed by atoms with Crippen LogP contribution in [0, 0.1) is 13.8 Å². The van der Waals surface area contributed by atoms with Crippen LogP contribution in [0.15, 0.2) is 45.9 Å². The summed E-state index contributed by atoms with van der Waals surface area (Å²) in [5, 5.41) is 15.4. The van der Waals surface area contributed by atoms with Gasteiger partial charge in [-0.05, 0) is 43.0 Å². The summed E-state index contributed by atoms with van der Waals surface area (Å²) in [6, 6.07) is 9.52. The highest BCUT2D eigenvalue weighted by molar-refractivity contribution is 8.15. The third kappa shape index (κ3) is 4.80. The summed E-state index contributed by atoms with van der Waals surface area (Å²) in [6.45, 7) is 3.98. The number of nitrogens with one attached hydrogen (secondary N) is 2. The molecule has 8 heteroatoms. The molecule has 1 fully saturated rings. The van der Waals surface area contributed by atoms with Crippen LogP contribution < -0.4 is 10.6 Å². The predicted molar refractivity (Wildman–Crippen MR) is 108 cm³/mol. The van der Waals surface area contributed by atoms with Crippen LogP contribution in [0.2, 0.25) is 0 Å². The minimum atomic E-state index is -0.502. The number of aryl methyl sites for hydroxylation is 2. The molecule has 134 valence electrons. The number of hydrogen-bond donors (Lipinski definition) is 2. The van der Waals surface area contributed by atoms with Gasteiger partial charge in [-0.25, -0.2) is 0 Å². The fourth-order valence-corrected chi connectivity index (χ4v) is 3.96. The maximum absolute atomic E-state index is 12.1. The van der Waals surface area contributed by atoms with Crippen LogP contribution in [0.4, 0.5) is 5.69 Å². The summed E-state index contributed by atoms with van der Waals surface area (Å²) in [4.78, 5) is 25.2. The molecule has 1 aromatic heterocycles. The first-order valence-electron chi connectivity index (χ1n) is 8.00. The normalized spacial score (nSPS) is 18.5. The first-order valence-corrected chi connectivity index (χ1v) is 9.76. The molecule has 1 unspecified atom stereocenters. The maximum atomic E-state index is 12.1. The average Bonchev–Trinajstić information content (AvgIpc) is 3.16. The second-order valence-corrected chi connectivity index (χ2v) is 7.97. The number of benzene rings is 1. The van der Waals surface area contributed by atoms with Crippen molar-refractivity contribution in [3.05, 3.63) is 51.7 Å². The van der Waals surface area contributed by atoms with Crippen LogP contribution in [0.1, 0.15) is 22.4 Å². The molecule has 0 aliphatic carbocycles. The maximum Gasteiger partial charge on any atom is 0.240 e. The van der Waals surface area contributed by atoms with Crippen molar-refractivity contribution in [2.45, 2.75) is 25.5 Å². The molecular formula is C18H18N4O2S2. The number of anilines is 1. The first kappa shape index (κ1) is 18.3. The molecule has 1 atom stereocenters. The van der Waals surface area contributed by atoms with Crippen LogP contribution in [0.5, 0.6) is 0 Å². The fourth-order valence-electron chi connectivity index (χ4n) is 2.25. The van der Waals surface area contributed by atoms with Gasteiger partial charge in [0, 0.05) is 12.1 Å². The fraction of sp³-hybridized carbons (Fsp3) is 0.222. The Hall–Kier alpha value is -2.45. The SMILES string of the molecule is Cc1ccc(NC(=O)CC2SC(=NN=Cc3sccc3C)NC2=O)cc1. The van der Waals surface area contributed by atoms with Gasteiger partial charge < -0.3 is 10.6 Å². The van der Waals surface area contributed by atoms with E-state index in [1.165, 1.54) is 11.8 Å². The molecule has 2 amide bonds. The van der Waals surface area contributed by atoms with Crippen LogP contribution in [0.3, 0.4) is 0 Å². The molecule has 1 aliphatic rings. The van der Waals surface area contributed by atoms with Crippen molar-refractivity contribution in [3.8, 4) is 0 Å². The summed E-state index contributed by atoms with van der Waals surface area (Å²) < 4.78 is 0. The van der Waals surface area contributed by atoms with Crippen molar-refractivity contribution < 1.29 is 9.59 Å². The topological polar surface area (TPSA) is 82.9 Å². The van der Waals surface area contributed by atoms with E-state index in [0.29, 0.717) is 10.9 Å². The number of carbonyl (C=O) groups excluding carboxylic acids is 2. The van der Waals surface area contributed by atoms with Gasteiger partial charge in [0.25, 0.3) is 0 Å². The van der Waals surface area contributed by atoms with Gasteiger partial charge in [-0.1, -0.05) is 29.5 Å². The number of thiophene rings is 1. The second-order valence-electron chi connectivity index (χ2n) is 5.83. The highest BCUT2D eigenvalue weighted by Gasteiger charge is 2.32. The Labute approximate surface area is 159 Å². The Bertz CT molecular complexity index is 872. The third-order valence-electron chi connectivity index (χ3n) is 3.71. The van der Waals surface area contributed by atoms with Crippen molar-refractivity contribution >= 4 is 52.0 Å². The van der Waals surface area contributed by atoms with Crippen LogP contribution in [-0.2, 0) is 9.59 Å². The minimum absolute atomic E-state index is 0.0805. The molecule has 2 heterocycles. The Balaban J connectivity index is 1.55. The van der Waals surface area contributed by atoms with E-state index in [1.54, 1.807) is 17.6 Å². The van der Waals surface area contributed by atoms with Gasteiger partial charge in [0.05, 0.1) is 11.1 Å². The summed E-state index contributed by atoms with van der Waals surface area (Å²) in [7, 11) is 0. The number of thioether (sulfide) groups is 1. The molecule has 0 spiro atoms. The zero-order chi connectivity index (χ0) is 18.5. The van der Waals surface area contributed by atoms with E-state index in [9.17, 15) is 9.59 Å². The summed E-state index contributed by atoms with van der Waals surface area (Å²) in [6.07, 6.45) is 1.74.